The molecule has 18 heavy (non-hydrogen) atoms. The summed E-state index contributed by atoms with van der Waals surface area (Å²) in [7, 11) is 0. The maximum atomic E-state index is 11.0. The Morgan fingerprint density at radius 2 is 2.50 bits per heavy atom. The number of oxime groups is 1. The van der Waals surface area contributed by atoms with E-state index in [1.165, 1.54) is 4.90 Å². The Hall–Kier alpha value is -2.31. The highest BCUT2D eigenvalue weighted by molar-refractivity contribution is 6.03. The summed E-state index contributed by atoms with van der Waals surface area (Å²) in [6, 6.07) is 0. The highest BCUT2D eigenvalue weighted by atomic mass is 16.6. The van der Waals surface area contributed by atoms with Gasteiger partial charge in [-0.2, -0.15) is 0 Å². The first-order valence-electron chi connectivity index (χ1n) is 5.36. The quantitative estimate of drug-likeness (QED) is 0.498. The van der Waals surface area contributed by atoms with Crippen LogP contribution in [0.1, 0.15) is 17.3 Å². The molecule has 96 valence electrons. The number of amides is 1. The predicted molar refractivity (Wildman–Crippen MR) is 62.4 cm³/mol. The average molecular weight is 251 g/mol. The highest BCUT2D eigenvalue weighted by Crippen LogP contribution is 2.20. The molecule has 0 atom stereocenters. The van der Waals surface area contributed by atoms with E-state index in [1.54, 1.807) is 13.0 Å². The molecule has 1 aliphatic heterocycles. The number of nitrogens with zero attached hydrogens (tertiary/aromatic N) is 3. The molecule has 0 fully saturated rings. The van der Waals surface area contributed by atoms with Crippen LogP contribution in [0.15, 0.2) is 22.2 Å². The van der Waals surface area contributed by atoms with Crippen LogP contribution in [-0.4, -0.2) is 39.9 Å². The molecular formula is C11H13N3O4. The Morgan fingerprint density at radius 1 is 1.72 bits per heavy atom. The van der Waals surface area contributed by atoms with Crippen LogP contribution in [0, 0.1) is 6.92 Å². The number of hydrogen-bond acceptors (Lipinski definition) is 5. The van der Waals surface area contributed by atoms with E-state index in [0.717, 1.165) is 0 Å². The van der Waals surface area contributed by atoms with Gasteiger partial charge in [0.25, 0.3) is 0 Å². The molecule has 2 heterocycles. The minimum Gasteiger partial charge on any atom is -0.465 e. The molecule has 0 saturated carbocycles. The zero-order valence-corrected chi connectivity index (χ0v) is 9.92. The van der Waals surface area contributed by atoms with Gasteiger partial charge in [0.2, 0.25) is 0 Å². The summed E-state index contributed by atoms with van der Waals surface area (Å²) in [5, 5.41) is 12.9. The Balaban J connectivity index is 2.29. The normalized spacial score (nSPS) is 16.5. The van der Waals surface area contributed by atoms with Gasteiger partial charge in [-0.3, -0.25) is 4.90 Å². The Morgan fingerprint density at radius 3 is 3.17 bits per heavy atom. The molecule has 0 aliphatic carbocycles. The third-order valence-electron chi connectivity index (χ3n) is 2.39. The second-order valence-corrected chi connectivity index (χ2v) is 3.77. The number of hydrogen-bond donors (Lipinski definition) is 1. The SMILES string of the molecule is C=CCO/N=C1\CN(C(=O)O)Cc2oc(C)nc21. The van der Waals surface area contributed by atoms with Crippen LogP contribution < -0.4 is 0 Å². The van der Waals surface area contributed by atoms with Crippen molar-refractivity contribution in [3.63, 3.8) is 0 Å². The van der Waals surface area contributed by atoms with E-state index in [-0.39, 0.29) is 19.7 Å². The van der Waals surface area contributed by atoms with Gasteiger partial charge in [0.05, 0.1) is 13.1 Å². The molecule has 1 aliphatic rings. The van der Waals surface area contributed by atoms with Gasteiger partial charge in [0.1, 0.15) is 18.0 Å². The Labute approximate surface area is 103 Å². The van der Waals surface area contributed by atoms with Gasteiger partial charge < -0.3 is 14.4 Å². The van der Waals surface area contributed by atoms with Gasteiger partial charge in [-0.25, -0.2) is 9.78 Å². The topological polar surface area (TPSA) is 88.2 Å². The smallest absolute Gasteiger partial charge is 0.408 e. The van der Waals surface area contributed by atoms with Gasteiger partial charge in [0.15, 0.2) is 11.7 Å². The van der Waals surface area contributed by atoms with Crippen molar-refractivity contribution in [3.8, 4) is 0 Å². The fourth-order valence-electron chi connectivity index (χ4n) is 1.66. The van der Waals surface area contributed by atoms with Gasteiger partial charge in [-0.15, -0.1) is 0 Å². The summed E-state index contributed by atoms with van der Waals surface area (Å²) in [5.74, 6) is 0.964. The summed E-state index contributed by atoms with van der Waals surface area (Å²) in [6.07, 6.45) is 0.516. The Kier molecular flexibility index (Phi) is 3.31. The number of fused-ring (bicyclic) bond motifs is 1. The second-order valence-electron chi connectivity index (χ2n) is 3.77. The van der Waals surface area contributed by atoms with E-state index in [4.69, 9.17) is 14.4 Å². The van der Waals surface area contributed by atoms with Crippen molar-refractivity contribution in [1.82, 2.24) is 9.88 Å². The summed E-state index contributed by atoms with van der Waals surface area (Å²) in [4.78, 5) is 21.3. The van der Waals surface area contributed by atoms with Crippen LogP contribution in [0.5, 0.6) is 0 Å². The van der Waals surface area contributed by atoms with Crippen molar-refractivity contribution < 1.29 is 19.2 Å². The van der Waals surface area contributed by atoms with Crippen LogP contribution in [0.4, 0.5) is 4.79 Å². The van der Waals surface area contributed by atoms with Crippen LogP contribution in [0.25, 0.3) is 0 Å². The van der Waals surface area contributed by atoms with E-state index < -0.39 is 6.09 Å². The molecule has 7 nitrogen and oxygen atoms in total. The molecule has 1 N–H and O–H groups in total. The maximum Gasteiger partial charge on any atom is 0.408 e. The first-order valence-corrected chi connectivity index (χ1v) is 5.36. The largest absolute Gasteiger partial charge is 0.465 e. The van der Waals surface area contributed by atoms with Crippen molar-refractivity contribution in [3.05, 3.63) is 30.0 Å². The minimum absolute atomic E-state index is 0.130. The molecule has 0 saturated heterocycles. The molecule has 2 rings (SSSR count). The van der Waals surface area contributed by atoms with E-state index in [2.05, 4.69) is 16.7 Å². The van der Waals surface area contributed by atoms with Crippen LogP contribution in [0.3, 0.4) is 0 Å². The van der Waals surface area contributed by atoms with Gasteiger partial charge in [0, 0.05) is 6.92 Å². The zero-order valence-electron chi connectivity index (χ0n) is 9.92. The van der Waals surface area contributed by atoms with E-state index in [0.29, 0.717) is 23.1 Å². The number of rotatable bonds is 3. The van der Waals surface area contributed by atoms with Crippen molar-refractivity contribution in [2.45, 2.75) is 13.5 Å². The summed E-state index contributed by atoms with van der Waals surface area (Å²) in [6.45, 7) is 5.76. The number of oxazole rings is 1. The van der Waals surface area contributed by atoms with Crippen molar-refractivity contribution in [2.24, 2.45) is 5.16 Å². The third-order valence-corrected chi connectivity index (χ3v) is 2.39. The van der Waals surface area contributed by atoms with Crippen LogP contribution in [-0.2, 0) is 11.4 Å². The van der Waals surface area contributed by atoms with Gasteiger partial charge >= 0.3 is 6.09 Å². The molecule has 1 amide bonds. The standard InChI is InChI=1S/C11H13N3O4/c1-3-4-17-13-8-5-14(11(15)16)6-9-10(8)12-7(2)18-9/h3H,1,4-6H2,2H3,(H,15,16)/b13-8+. The molecule has 1 aromatic rings. The summed E-state index contributed by atoms with van der Waals surface area (Å²) < 4.78 is 5.35. The second kappa shape index (κ2) is 4.91. The fourth-order valence-corrected chi connectivity index (χ4v) is 1.66. The average Bonchev–Trinajstić information content (AvgIpc) is 2.69. The summed E-state index contributed by atoms with van der Waals surface area (Å²) >= 11 is 0. The lowest BCUT2D eigenvalue weighted by Crippen LogP contribution is -2.38. The zero-order chi connectivity index (χ0) is 13.1. The number of carboxylic acid groups (broad SMARTS) is 1. The predicted octanol–water partition coefficient (Wildman–Crippen LogP) is 1.38. The number of aryl methyl sites for hydroxylation is 1. The van der Waals surface area contributed by atoms with Crippen molar-refractivity contribution in [1.29, 1.82) is 0 Å². The lowest BCUT2D eigenvalue weighted by atomic mass is 10.1. The first-order chi connectivity index (χ1) is 8.61. The first kappa shape index (κ1) is 12.2. The van der Waals surface area contributed by atoms with Crippen molar-refractivity contribution >= 4 is 11.8 Å². The van der Waals surface area contributed by atoms with Crippen LogP contribution >= 0.6 is 0 Å². The molecule has 0 aromatic carbocycles. The third kappa shape index (κ3) is 2.34. The summed E-state index contributed by atoms with van der Waals surface area (Å²) in [5.41, 5.74) is 1.01. The molecule has 1 aromatic heterocycles. The molecule has 0 radical (unpaired) electrons. The van der Waals surface area contributed by atoms with E-state index in [9.17, 15) is 4.79 Å². The van der Waals surface area contributed by atoms with E-state index >= 15 is 0 Å². The number of carbonyl (C=O) groups is 1. The van der Waals surface area contributed by atoms with Crippen molar-refractivity contribution in [2.75, 3.05) is 13.2 Å². The minimum atomic E-state index is -1.04. The fraction of sp³-hybridized carbons (Fsp3) is 0.364. The maximum absolute atomic E-state index is 11.0. The molecular weight excluding hydrogens is 238 g/mol. The van der Waals surface area contributed by atoms with Gasteiger partial charge in [-0.05, 0) is 0 Å². The van der Waals surface area contributed by atoms with Gasteiger partial charge in [-0.1, -0.05) is 17.8 Å². The molecule has 0 unspecified atom stereocenters. The molecule has 0 spiro atoms. The lowest BCUT2D eigenvalue weighted by molar-refractivity contribution is 0.141. The highest BCUT2D eigenvalue weighted by Gasteiger charge is 2.29. The lowest BCUT2D eigenvalue weighted by Gasteiger charge is -2.22. The Bertz CT molecular complexity index is 506. The number of aromatic nitrogens is 1. The molecule has 0 bridgehead atoms. The monoisotopic (exact) mass is 251 g/mol. The van der Waals surface area contributed by atoms with E-state index in [1.807, 2.05) is 0 Å². The van der Waals surface area contributed by atoms with Crippen LogP contribution in [0.2, 0.25) is 0 Å². The molecule has 7 heteroatoms.